The molecule has 2 atom stereocenters. The number of amides is 2. The number of rotatable bonds is 15. The molecule has 10 nitrogen and oxygen atoms in total. The van der Waals surface area contributed by atoms with Gasteiger partial charge < -0.3 is 35.2 Å². The Balaban J connectivity index is 1.64. The molecule has 4 N–H and O–H groups in total. The summed E-state index contributed by atoms with van der Waals surface area (Å²) in [6, 6.07) is 23.6. The molecule has 218 valence electrons. The number of aliphatic hydroxyl groups excluding tert-OH is 2. The van der Waals surface area contributed by atoms with Crippen LogP contribution in [0.4, 0.5) is 10.5 Å². The van der Waals surface area contributed by atoms with Crippen LogP contribution in [0.1, 0.15) is 23.6 Å². The third-order valence-electron chi connectivity index (χ3n) is 6.25. The summed E-state index contributed by atoms with van der Waals surface area (Å²) in [7, 11) is 0. The molecule has 2 amide bonds. The highest BCUT2D eigenvalue weighted by Gasteiger charge is 2.26. The summed E-state index contributed by atoms with van der Waals surface area (Å²) < 4.78 is 10.7. The van der Waals surface area contributed by atoms with Crippen molar-refractivity contribution in [1.82, 2.24) is 10.6 Å². The Hall–Kier alpha value is -4.41. The zero-order valence-electron chi connectivity index (χ0n) is 23.1. The van der Waals surface area contributed by atoms with Crippen molar-refractivity contribution in [3.8, 4) is 0 Å². The van der Waals surface area contributed by atoms with Crippen molar-refractivity contribution in [1.29, 1.82) is 0 Å². The van der Waals surface area contributed by atoms with Crippen molar-refractivity contribution in [3.63, 3.8) is 0 Å². The first-order chi connectivity index (χ1) is 19.9. The predicted molar refractivity (Wildman–Crippen MR) is 154 cm³/mol. The fourth-order valence-corrected chi connectivity index (χ4v) is 4.02. The van der Waals surface area contributed by atoms with E-state index in [-0.39, 0.29) is 32.8 Å². The Morgan fingerprint density at radius 1 is 0.732 bits per heavy atom. The van der Waals surface area contributed by atoms with E-state index in [2.05, 4.69) is 10.6 Å². The zero-order chi connectivity index (χ0) is 29.5. The number of aliphatic hydroxyl groups is 2. The molecule has 10 heteroatoms. The van der Waals surface area contributed by atoms with Crippen LogP contribution in [0.5, 0.6) is 0 Å². The molecule has 3 aromatic carbocycles. The van der Waals surface area contributed by atoms with Crippen LogP contribution in [0, 0.1) is 0 Å². The van der Waals surface area contributed by atoms with Crippen LogP contribution in [-0.4, -0.2) is 66.6 Å². The van der Waals surface area contributed by atoms with Gasteiger partial charge in [0.2, 0.25) is 5.91 Å². The lowest BCUT2D eigenvalue weighted by Crippen LogP contribution is -2.51. The molecule has 0 radical (unpaired) electrons. The molecule has 3 rings (SSSR count). The summed E-state index contributed by atoms with van der Waals surface area (Å²) in [6.07, 6.45) is -0.615. The molecule has 41 heavy (non-hydrogen) atoms. The summed E-state index contributed by atoms with van der Waals surface area (Å²) in [5.74, 6) is -1.19. The van der Waals surface area contributed by atoms with E-state index in [0.717, 1.165) is 22.4 Å². The number of alkyl carbamates (subject to hydrolysis) is 1. The lowest BCUT2D eigenvalue weighted by molar-refractivity contribution is -0.149. The van der Waals surface area contributed by atoms with Gasteiger partial charge in [-0.15, -0.1) is 0 Å². The Morgan fingerprint density at radius 3 is 1.80 bits per heavy atom. The molecule has 0 heterocycles. The number of nitrogens with zero attached hydrogens (tertiary/aromatic N) is 1. The maximum Gasteiger partial charge on any atom is 0.408 e. The zero-order valence-corrected chi connectivity index (χ0v) is 23.1. The van der Waals surface area contributed by atoms with E-state index in [9.17, 15) is 24.6 Å². The molecule has 0 aliphatic heterocycles. The predicted octanol–water partition coefficient (Wildman–Crippen LogP) is 2.56. The number of esters is 1. The monoisotopic (exact) mass is 563 g/mol. The van der Waals surface area contributed by atoms with E-state index in [4.69, 9.17) is 9.47 Å². The van der Waals surface area contributed by atoms with Gasteiger partial charge in [0.1, 0.15) is 25.3 Å². The van der Waals surface area contributed by atoms with E-state index in [0.29, 0.717) is 13.1 Å². The summed E-state index contributed by atoms with van der Waals surface area (Å²) >= 11 is 0. The van der Waals surface area contributed by atoms with Gasteiger partial charge in [0.25, 0.3) is 0 Å². The largest absolute Gasteiger partial charge is 0.459 e. The fourth-order valence-electron chi connectivity index (χ4n) is 4.02. The van der Waals surface area contributed by atoms with Gasteiger partial charge in [0.05, 0.1) is 13.2 Å². The first kappa shape index (κ1) is 31.1. The molecular weight excluding hydrogens is 526 g/mol. The van der Waals surface area contributed by atoms with Crippen molar-refractivity contribution in [2.75, 3.05) is 31.2 Å². The molecule has 0 unspecified atom stereocenters. The molecule has 0 spiro atoms. The first-order valence-corrected chi connectivity index (χ1v) is 13.4. The number of hydrogen-bond acceptors (Lipinski definition) is 8. The van der Waals surface area contributed by atoms with E-state index < -0.39 is 30.1 Å². The molecular formula is C31H37N3O7. The molecule has 0 aliphatic carbocycles. The fraction of sp³-hybridized carbons (Fsp3) is 0.323. The van der Waals surface area contributed by atoms with Gasteiger partial charge >= 0.3 is 12.1 Å². The number of anilines is 1. The van der Waals surface area contributed by atoms with Crippen molar-refractivity contribution in [2.24, 2.45) is 0 Å². The Kier molecular flexibility index (Phi) is 12.6. The number of carbonyl (C=O) groups is 3. The standard InChI is InChI=1S/C31H37N3O7/c1-23(32-31(39)41-22-26-10-6-3-7-11-26)29(37)33-28(30(38)40-21-25-8-4-2-5-9-25)20-24-12-14-27(15-13-24)34(16-18-35)17-19-36/h2-15,23,28,35-36H,16-22H2,1H3,(H,32,39)(H,33,37)/t23-,28-/m0/s1. The van der Waals surface area contributed by atoms with Crippen LogP contribution in [0.25, 0.3) is 0 Å². The second-order valence-corrected chi connectivity index (χ2v) is 9.39. The average molecular weight is 564 g/mol. The maximum absolute atomic E-state index is 13.1. The number of carbonyl (C=O) groups excluding carboxylic acids is 3. The molecule has 0 saturated carbocycles. The first-order valence-electron chi connectivity index (χ1n) is 13.4. The minimum Gasteiger partial charge on any atom is -0.459 e. The summed E-state index contributed by atoms with van der Waals surface area (Å²) in [5, 5.41) is 23.8. The third kappa shape index (κ3) is 10.6. The minimum absolute atomic E-state index is 0.0435. The molecule has 0 aliphatic rings. The smallest absolute Gasteiger partial charge is 0.408 e. The number of benzene rings is 3. The molecule has 0 saturated heterocycles. The maximum atomic E-state index is 13.1. The van der Waals surface area contributed by atoms with Gasteiger partial charge in [0, 0.05) is 25.2 Å². The molecule has 0 aromatic heterocycles. The van der Waals surface area contributed by atoms with Crippen molar-refractivity contribution < 1.29 is 34.1 Å². The van der Waals surface area contributed by atoms with Crippen molar-refractivity contribution in [3.05, 3.63) is 102 Å². The highest BCUT2D eigenvalue weighted by atomic mass is 16.5. The third-order valence-corrected chi connectivity index (χ3v) is 6.25. The highest BCUT2D eigenvalue weighted by molar-refractivity contribution is 5.89. The highest BCUT2D eigenvalue weighted by Crippen LogP contribution is 2.17. The van der Waals surface area contributed by atoms with Gasteiger partial charge in [-0.3, -0.25) is 4.79 Å². The minimum atomic E-state index is -1.02. The quantitative estimate of drug-likeness (QED) is 0.207. The lowest BCUT2D eigenvalue weighted by atomic mass is 10.0. The Labute approximate surface area is 239 Å². The second kappa shape index (κ2) is 16.6. The van der Waals surface area contributed by atoms with E-state index in [1.165, 1.54) is 6.92 Å². The SMILES string of the molecule is C[C@H](NC(=O)OCc1ccccc1)C(=O)N[C@@H](Cc1ccc(N(CCO)CCO)cc1)C(=O)OCc1ccccc1. The molecule has 0 fully saturated rings. The topological polar surface area (TPSA) is 137 Å². The van der Waals surface area contributed by atoms with Gasteiger partial charge in [-0.2, -0.15) is 0 Å². The lowest BCUT2D eigenvalue weighted by Gasteiger charge is -2.24. The van der Waals surface area contributed by atoms with Crippen LogP contribution in [0.15, 0.2) is 84.9 Å². The van der Waals surface area contributed by atoms with Crippen molar-refractivity contribution >= 4 is 23.7 Å². The Morgan fingerprint density at radius 2 is 1.27 bits per heavy atom. The number of nitrogens with one attached hydrogen (secondary N) is 2. The van der Waals surface area contributed by atoms with Gasteiger partial charge in [-0.05, 0) is 35.7 Å². The summed E-state index contributed by atoms with van der Waals surface area (Å²) in [6.45, 7) is 2.20. The molecule has 3 aromatic rings. The Bertz CT molecular complexity index is 1220. The van der Waals surface area contributed by atoms with Crippen LogP contribution < -0.4 is 15.5 Å². The van der Waals surface area contributed by atoms with E-state index in [1.807, 2.05) is 89.8 Å². The van der Waals surface area contributed by atoms with Crippen LogP contribution in [0.2, 0.25) is 0 Å². The normalized spacial score (nSPS) is 12.1. The van der Waals surface area contributed by atoms with Crippen molar-refractivity contribution in [2.45, 2.75) is 38.6 Å². The van der Waals surface area contributed by atoms with Gasteiger partial charge in [0.15, 0.2) is 0 Å². The number of ether oxygens (including phenoxy) is 2. The van der Waals surface area contributed by atoms with Crippen LogP contribution in [-0.2, 0) is 38.7 Å². The van der Waals surface area contributed by atoms with E-state index in [1.54, 1.807) is 0 Å². The van der Waals surface area contributed by atoms with Crippen LogP contribution in [0.3, 0.4) is 0 Å². The summed E-state index contributed by atoms with van der Waals surface area (Å²) in [4.78, 5) is 40.1. The van der Waals surface area contributed by atoms with Gasteiger partial charge in [-0.1, -0.05) is 72.8 Å². The summed E-state index contributed by atoms with van der Waals surface area (Å²) in [5.41, 5.74) is 3.17. The second-order valence-electron chi connectivity index (χ2n) is 9.39. The van der Waals surface area contributed by atoms with E-state index >= 15 is 0 Å². The average Bonchev–Trinajstić information content (AvgIpc) is 2.99. The number of hydrogen-bond donors (Lipinski definition) is 4. The molecule has 0 bridgehead atoms. The van der Waals surface area contributed by atoms with Crippen LogP contribution >= 0.6 is 0 Å². The van der Waals surface area contributed by atoms with Gasteiger partial charge in [-0.25, -0.2) is 9.59 Å².